The van der Waals surface area contributed by atoms with Gasteiger partial charge in [0.05, 0.1) is 5.69 Å². The van der Waals surface area contributed by atoms with E-state index in [0.29, 0.717) is 0 Å². The first-order valence-electron chi connectivity index (χ1n) is 5.19. The molecular formula is C11H8Cl2FN3O2S. The highest BCUT2D eigenvalue weighted by atomic mass is 35.5. The highest BCUT2D eigenvalue weighted by Crippen LogP contribution is 2.26. The number of pyridine rings is 1. The van der Waals surface area contributed by atoms with Crippen molar-refractivity contribution in [1.82, 2.24) is 4.98 Å². The number of hydrogen-bond donors (Lipinski definition) is 2. The predicted molar refractivity (Wildman–Crippen MR) is 75.9 cm³/mol. The third-order valence-corrected chi connectivity index (χ3v) is 4.06. The van der Waals surface area contributed by atoms with Crippen LogP contribution < -0.4 is 10.5 Å². The quantitative estimate of drug-likeness (QED) is 0.667. The van der Waals surface area contributed by atoms with Crippen LogP contribution in [0.25, 0.3) is 0 Å². The molecule has 20 heavy (non-hydrogen) atoms. The van der Waals surface area contributed by atoms with Gasteiger partial charge in [0.15, 0.2) is 5.82 Å². The Bertz CT molecular complexity index is 768. The van der Waals surface area contributed by atoms with Crippen LogP contribution in [0.1, 0.15) is 0 Å². The highest BCUT2D eigenvalue weighted by molar-refractivity contribution is 7.92. The molecule has 0 fully saturated rings. The van der Waals surface area contributed by atoms with Crippen molar-refractivity contribution in [2.45, 2.75) is 4.90 Å². The molecule has 0 amide bonds. The van der Waals surface area contributed by atoms with Crippen LogP contribution in [-0.2, 0) is 10.0 Å². The third-order valence-electron chi connectivity index (χ3n) is 2.28. The number of sulfonamides is 1. The Balaban J connectivity index is 2.46. The van der Waals surface area contributed by atoms with E-state index in [0.717, 1.165) is 12.1 Å². The van der Waals surface area contributed by atoms with E-state index in [2.05, 4.69) is 9.71 Å². The van der Waals surface area contributed by atoms with Gasteiger partial charge in [-0.2, -0.15) is 0 Å². The molecule has 1 heterocycles. The van der Waals surface area contributed by atoms with Crippen LogP contribution in [0.4, 0.5) is 15.9 Å². The molecule has 0 saturated heterocycles. The molecule has 0 atom stereocenters. The van der Waals surface area contributed by atoms with Gasteiger partial charge in [-0.05, 0) is 24.3 Å². The van der Waals surface area contributed by atoms with E-state index in [1.807, 2.05) is 0 Å². The number of nitrogen functional groups attached to an aromatic ring is 1. The summed E-state index contributed by atoms with van der Waals surface area (Å²) < 4.78 is 40.1. The zero-order chi connectivity index (χ0) is 14.9. The number of rotatable bonds is 3. The molecule has 0 aliphatic carbocycles. The molecule has 2 aromatic rings. The van der Waals surface area contributed by atoms with Crippen LogP contribution >= 0.6 is 23.2 Å². The Labute approximate surface area is 124 Å². The van der Waals surface area contributed by atoms with Gasteiger partial charge in [0.25, 0.3) is 10.0 Å². The van der Waals surface area contributed by atoms with Crippen molar-refractivity contribution in [3.8, 4) is 0 Å². The Kier molecular flexibility index (Phi) is 4.03. The van der Waals surface area contributed by atoms with Gasteiger partial charge in [0.2, 0.25) is 0 Å². The maximum absolute atomic E-state index is 13.8. The van der Waals surface area contributed by atoms with Gasteiger partial charge < -0.3 is 5.73 Å². The zero-order valence-corrected chi connectivity index (χ0v) is 12.1. The maximum atomic E-state index is 13.8. The van der Waals surface area contributed by atoms with E-state index in [1.54, 1.807) is 0 Å². The van der Waals surface area contributed by atoms with Crippen molar-refractivity contribution < 1.29 is 12.8 Å². The second kappa shape index (κ2) is 5.43. The van der Waals surface area contributed by atoms with Gasteiger partial charge in [-0.25, -0.2) is 17.8 Å². The number of halogens is 3. The minimum absolute atomic E-state index is 0.00308. The molecule has 106 valence electrons. The topological polar surface area (TPSA) is 85.1 Å². The van der Waals surface area contributed by atoms with Crippen LogP contribution in [0.3, 0.4) is 0 Å². The average Bonchev–Trinajstić information content (AvgIpc) is 2.33. The maximum Gasteiger partial charge on any atom is 0.266 e. The van der Waals surface area contributed by atoms with Crippen LogP contribution in [0.5, 0.6) is 0 Å². The van der Waals surface area contributed by atoms with E-state index in [4.69, 9.17) is 28.9 Å². The number of benzene rings is 1. The molecule has 1 aromatic carbocycles. The second-order valence-electron chi connectivity index (χ2n) is 3.76. The number of hydrogen-bond acceptors (Lipinski definition) is 4. The summed E-state index contributed by atoms with van der Waals surface area (Å²) in [6, 6.07) is 6.41. The van der Waals surface area contributed by atoms with E-state index in [9.17, 15) is 12.8 Å². The lowest BCUT2D eigenvalue weighted by Crippen LogP contribution is -2.16. The average molecular weight is 336 g/mol. The predicted octanol–water partition coefficient (Wildman–Crippen LogP) is 2.91. The van der Waals surface area contributed by atoms with Crippen LogP contribution in [0.15, 0.2) is 35.2 Å². The lowest BCUT2D eigenvalue weighted by Gasteiger charge is -2.10. The number of anilines is 2. The lowest BCUT2D eigenvalue weighted by molar-refractivity contribution is 0.573. The summed E-state index contributed by atoms with van der Waals surface area (Å²) in [5.74, 6) is -1.13. The van der Waals surface area contributed by atoms with Gasteiger partial charge in [-0.15, -0.1) is 0 Å². The Morgan fingerprint density at radius 3 is 2.60 bits per heavy atom. The summed E-state index contributed by atoms with van der Waals surface area (Å²) in [6.45, 7) is 0. The van der Waals surface area contributed by atoms with E-state index < -0.39 is 20.7 Å². The van der Waals surface area contributed by atoms with E-state index in [1.165, 1.54) is 18.2 Å². The fourth-order valence-electron chi connectivity index (χ4n) is 1.44. The second-order valence-corrected chi connectivity index (χ2v) is 6.23. The zero-order valence-electron chi connectivity index (χ0n) is 9.77. The summed E-state index contributed by atoms with van der Waals surface area (Å²) in [6.07, 6.45) is 0. The van der Waals surface area contributed by atoms with Gasteiger partial charge in [-0.1, -0.05) is 29.3 Å². The number of nitrogens with one attached hydrogen (secondary N) is 1. The normalized spacial score (nSPS) is 11.3. The first-order chi connectivity index (χ1) is 9.29. The number of nitrogens with two attached hydrogens (primary N) is 1. The Morgan fingerprint density at radius 2 is 1.95 bits per heavy atom. The lowest BCUT2D eigenvalue weighted by atomic mass is 10.3. The van der Waals surface area contributed by atoms with Crippen molar-refractivity contribution in [1.29, 1.82) is 0 Å². The molecule has 2 rings (SSSR count). The molecule has 0 bridgehead atoms. The third kappa shape index (κ3) is 3.12. The van der Waals surface area contributed by atoms with Crippen LogP contribution in [0, 0.1) is 5.82 Å². The Morgan fingerprint density at radius 1 is 1.25 bits per heavy atom. The van der Waals surface area contributed by atoms with Crippen molar-refractivity contribution >= 4 is 44.7 Å². The molecule has 5 nitrogen and oxygen atoms in total. The molecule has 1 aromatic heterocycles. The van der Waals surface area contributed by atoms with Crippen LogP contribution in [0.2, 0.25) is 10.2 Å². The first kappa shape index (κ1) is 14.8. The largest absolute Gasteiger partial charge is 0.396 e. The molecule has 0 aliphatic heterocycles. The summed E-state index contributed by atoms with van der Waals surface area (Å²) in [5, 5.41) is 0.0969. The monoisotopic (exact) mass is 335 g/mol. The highest BCUT2D eigenvalue weighted by Gasteiger charge is 2.22. The standard InChI is InChI=1S/C11H8Cl2FN3O2S/c12-6-4-7(15)11(14)8(5-6)20(18,19)17-10-3-1-2-9(13)16-10/h1-5H,15H2,(H,16,17). The first-order valence-corrected chi connectivity index (χ1v) is 7.43. The Hall–Kier alpha value is -1.57. The van der Waals surface area contributed by atoms with Crippen molar-refractivity contribution in [2.75, 3.05) is 10.5 Å². The van der Waals surface area contributed by atoms with Crippen LogP contribution in [-0.4, -0.2) is 13.4 Å². The number of aromatic nitrogens is 1. The molecule has 0 saturated carbocycles. The fraction of sp³-hybridized carbons (Fsp3) is 0. The molecule has 9 heteroatoms. The van der Waals surface area contributed by atoms with Gasteiger partial charge in [0.1, 0.15) is 15.9 Å². The summed E-state index contributed by atoms with van der Waals surface area (Å²) in [7, 11) is -4.22. The number of nitrogens with zero attached hydrogens (tertiary/aromatic N) is 1. The summed E-state index contributed by atoms with van der Waals surface area (Å²) in [5.41, 5.74) is 4.98. The van der Waals surface area contributed by atoms with Crippen molar-refractivity contribution in [2.24, 2.45) is 0 Å². The molecule has 0 unspecified atom stereocenters. The summed E-state index contributed by atoms with van der Waals surface area (Å²) in [4.78, 5) is 3.08. The SMILES string of the molecule is Nc1cc(Cl)cc(S(=O)(=O)Nc2cccc(Cl)n2)c1F. The van der Waals surface area contributed by atoms with Gasteiger partial charge >= 0.3 is 0 Å². The smallest absolute Gasteiger partial charge is 0.266 e. The minimum atomic E-state index is -4.22. The van der Waals surface area contributed by atoms with Gasteiger partial charge in [-0.3, -0.25) is 4.72 Å². The van der Waals surface area contributed by atoms with E-state index in [-0.39, 0.29) is 21.7 Å². The summed E-state index contributed by atoms with van der Waals surface area (Å²) >= 11 is 11.3. The minimum Gasteiger partial charge on any atom is -0.396 e. The molecule has 0 aliphatic rings. The molecular weight excluding hydrogens is 328 g/mol. The molecule has 3 N–H and O–H groups in total. The van der Waals surface area contributed by atoms with Crippen molar-refractivity contribution in [3.63, 3.8) is 0 Å². The fourth-order valence-corrected chi connectivity index (χ4v) is 3.03. The van der Waals surface area contributed by atoms with Crippen molar-refractivity contribution in [3.05, 3.63) is 46.3 Å². The molecule has 0 spiro atoms. The molecule has 0 radical (unpaired) electrons. The van der Waals surface area contributed by atoms with E-state index >= 15 is 0 Å². The van der Waals surface area contributed by atoms with Gasteiger partial charge in [0, 0.05) is 5.02 Å².